The van der Waals surface area contributed by atoms with Gasteiger partial charge in [0.15, 0.2) is 0 Å². The molecule has 176 valence electrons. The first-order valence-corrected chi connectivity index (χ1v) is 12.4. The van der Waals surface area contributed by atoms with Crippen molar-refractivity contribution in [3.8, 4) is 5.75 Å². The van der Waals surface area contributed by atoms with Crippen LogP contribution in [0.25, 0.3) is 0 Å². The van der Waals surface area contributed by atoms with Crippen molar-refractivity contribution >= 4 is 17.3 Å². The Kier molecular flexibility index (Phi) is 7.10. The van der Waals surface area contributed by atoms with Crippen LogP contribution in [0.3, 0.4) is 0 Å². The molecule has 5 rings (SSSR count). The Balaban J connectivity index is 1.21. The van der Waals surface area contributed by atoms with E-state index in [4.69, 9.17) is 4.74 Å². The summed E-state index contributed by atoms with van der Waals surface area (Å²) in [7, 11) is 0. The lowest BCUT2D eigenvalue weighted by atomic mass is 9.99. The highest BCUT2D eigenvalue weighted by molar-refractivity contribution is 5.96. The van der Waals surface area contributed by atoms with Crippen molar-refractivity contribution in [1.82, 2.24) is 5.32 Å². The molecule has 2 aliphatic rings. The molecule has 5 nitrogen and oxygen atoms in total. The number of hydrogen-bond acceptors (Lipinski definition) is 4. The highest BCUT2D eigenvalue weighted by atomic mass is 16.5. The second-order valence-corrected chi connectivity index (χ2v) is 9.10. The fourth-order valence-corrected chi connectivity index (χ4v) is 5.11. The summed E-state index contributed by atoms with van der Waals surface area (Å²) in [6, 6.07) is 27.5. The summed E-state index contributed by atoms with van der Waals surface area (Å²) in [5, 5.41) is 3.54. The molecule has 0 spiro atoms. The van der Waals surface area contributed by atoms with E-state index < -0.39 is 0 Å². The van der Waals surface area contributed by atoms with Gasteiger partial charge in [0.1, 0.15) is 5.75 Å². The number of anilines is 2. The lowest BCUT2D eigenvalue weighted by Crippen LogP contribution is -2.51. The van der Waals surface area contributed by atoms with Crippen molar-refractivity contribution in [2.75, 3.05) is 36.0 Å². The molecule has 3 aromatic rings. The van der Waals surface area contributed by atoms with E-state index in [1.54, 1.807) is 0 Å². The Labute approximate surface area is 202 Å². The zero-order chi connectivity index (χ0) is 23.2. The molecule has 2 aliphatic heterocycles. The van der Waals surface area contributed by atoms with Gasteiger partial charge in [-0.05, 0) is 49.1 Å². The number of para-hydroxylation sites is 1. The normalized spacial score (nSPS) is 18.0. The fraction of sp³-hybridized carbons (Fsp3) is 0.345. The summed E-state index contributed by atoms with van der Waals surface area (Å²) in [4.78, 5) is 17.2. The number of fused-ring (bicyclic) bond motifs is 1. The zero-order valence-corrected chi connectivity index (χ0v) is 19.7. The van der Waals surface area contributed by atoms with Crippen LogP contribution in [0.2, 0.25) is 0 Å². The van der Waals surface area contributed by atoms with Gasteiger partial charge < -0.3 is 19.9 Å². The number of hydrogen-bond donors (Lipinski definition) is 1. The Bertz CT molecular complexity index is 1090. The van der Waals surface area contributed by atoms with Crippen molar-refractivity contribution in [2.45, 2.75) is 38.3 Å². The Morgan fingerprint density at radius 3 is 2.53 bits per heavy atom. The largest absolute Gasteiger partial charge is 0.493 e. The molecular weight excluding hydrogens is 422 g/mol. The number of ether oxygens (including phenoxy) is 1. The van der Waals surface area contributed by atoms with Crippen molar-refractivity contribution in [2.24, 2.45) is 0 Å². The molecule has 34 heavy (non-hydrogen) atoms. The van der Waals surface area contributed by atoms with Crippen molar-refractivity contribution in [3.05, 3.63) is 90.0 Å². The standard InChI is InChI=1S/C29H33N3O2/c33-29-17-16-26-27(32(29)22-23-9-3-1-4-10-23)14-7-15-28(26)34-20-8-13-25-21-30-18-19-31(25)24-11-5-2-6-12-24/h1-7,9-12,14-15,25,30H,8,13,16-22H2. The molecule has 1 atom stereocenters. The average Bonchev–Trinajstić information content (AvgIpc) is 2.89. The van der Waals surface area contributed by atoms with Gasteiger partial charge >= 0.3 is 0 Å². The predicted molar refractivity (Wildman–Crippen MR) is 138 cm³/mol. The van der Waals surface area contributed by atoms with Gasteiger partial charge in [-0.1, -0.05) is 54.6 Å². The van der Waals surface area contributed by atoms with Crippen LogP contribution < -0.4 is 19.9 Å². The van der Waals surface area contributed by atoms with Crippen LogP contribution in [0.4, 0.5) is 11.4 Å². The van der Waals surface area contributed by atoms with E-state index in [0.29, 0.717) is 25.6 Å². The highest BCUT2D eigenvalue weighted by Crippen LogP contribution is 2.35. The third-order valence-corrected chi connectivity index (χ3v) is 6.85. The first-order chi connectivity index (χ1) is 16.8. The van der Waals surface area contributed by atoms with Gasteiger partial charge in [0.25, 0.3) is 0 Å². The number of amides is 1. The van der Waals surface area contributed by atoms with Crippen molar-refractivity contribution in [3.63, 3.8) is 0 Å². The molecule has 0 radical (unpaired) electrons. The Morgan fingerprint density at radius 1 is 0.912 bits per heavy atom. The second-order valence-electron chi connectivity index (χ2n) is 9.10. The monoisotopic (exact) mass is 455 g/mol. The number of carbonyl (C=O) groups excluding carboxylic acids is 1. The molecule has 1 N–H and O–H groups in total. The Hall–Kier alpha value is -3.31. The van der Waals surface area contributed by atoms with Crippen molar-refractivity contribution < 1.29 is 9.53 Å². The Morgan fingerprint density at radius 2 is 1.71 bits per heavy atom. The third kappa shape index (κ3) is 5.10. The molecule has 0 aliphatic carbocycles. The number of carbonyl (C=O) groups is 1. The van der Waals surface area contributed by atoms with E-state index in [-0.39, 0.29) is 5.91 Å². The molecule has 1 saturated heterocycles. The van der Waals surface area contributed by atoms with Gasteiger partial charge in [0.2, 0.25) is 5.91 Å². The summed E-state index contributed by atoms with van der Waals surface area (Å²) in [5.74, 6) is 1.10. The summed E-state index contributed by atoms with van der Waals surface area (Å²) >= 11 is 0. The van der Waals surface area contributed by atoms with Gasteiger partial charge in [-0.25, -0.2) is 0 Å². The topological polar surface area (TPSA) is 44.8 Å². The molecule has 0 bridgehead atoms. The fourth-order valence-electron chi connectivity index (χ4n) is 5.11. The van der Waals surface area contributed by atoms with Gasteiger partial charge in [-0.15, -0.1) is 0 Å². The minimum absolute atomic E-state index is 0.180. The average molecular weight is 456 g/mol. The van der Waals surface area contributed by atoms with Crippen LogP contribution >= 0.6 is 0 Å². The molecule has 3 aromatic carbocycles. The van der Waals surface area contributed by atoms with E-state index in [9.17, 15) is 4.79 Å². The van der Waals surface area contributed by atoms with Gasteiger partial charge in [-0.2, -0.15) is 0 Å². The van der Waals surface area contributed by atoms with Gasteiger partial charge in [0.05, 0.1) is 18.8 Å². The van der Waals surface area contributed by atoms with E-state index >= 15 is 0 Å². The first-order valence-electron chi connectivity index (χ1n) is 12.4. The van der Waals surface area contributed by atoms with Crippen LogP contribution in [0.15, 0.2) is 78.9 Å². The summed E-state index contributed by atoms with van der Waals surface area (Å²) in [5.41, 5.74) is 4.59. The molecule has 0 aromatic heterocycles. The summed E-state index contributed by atoms with van der Waals surface area (Å²) < 4.78 is 6.29. The number of nitrogens with one attached hydrogen (secondary N) is 1. The molecule has 1 fully saturated rings. The maximum Gasteiger partial charge on any atom is 0.227 e. The lowest BCUT2D eigenvalue weighted by molar-refractivity contribution is -0.119. The maximum atomic E-state index is 12.7. The molecular formula is C29H33N3O2. The molecule has 1 unspecified atom stereocenters. The van der Waals surface area contributed by atoms with Crippen LogP contribution in [-0.4, -0.2) is 38.2 Å². The smallest absolute Gasteiger partial charge is 0.227 e. The SMILES string of the molecule is O=C1CCc2c(OCCCC3CNCCN3c3ccccc3)cccc2N1Cc1ccccc1. The van der Waals surface area contributed by atoms with E-state index in [1.807, 2.05) is 41.3 Å². The van der Waals surface area contributed by atoms with E-state index in [2.05, 4.69) is 52.7 Å². The van der Waals surface area contributed by atoms with Crippen LogP contribution in [0.5, 0.6) is 5.75 Å². The first kappa shape index (κ1) is 22.5. The summed E-state index contributed by atoms with van der Waals surface area (Å²) in [6.45, 7) is 4.35. The molecule has 5 heteroatoms. The van der Waals surface area contributed by atoms with Gasteiger partial charge in [0, 0.05) is 43.3 Å². The highest BCUT2D eigenvalue weighted by Gasteiger charge is 2.27. The van der Waals surface area contributed by atoms with Crippen molar-refractivity contribution in [1.29, 1.82) is 0 Å². The van der Waals surface area contributed by atoms with E-state index in [1.165, 1.54) is 5.69 Å². The van der Waals surface area contributed by atoms with Gasteiger partial charge in [-0.3, -0.25) is 4.79 Å². The predicted octanol–water partition coefficient (Wildman–Crippen LogP) is 4.80. The number of nitrogens with zero attached hydrogens (tertiary/aromatic N) is 2. The quantitative estimate of drug-likeness (QED) is 0.496. The minimum atomic E-state index is 0.180. The maximum absolute atomic E-state index is 12.7. The zero-order valence-electron chi connectivity index (χ0n) is 19.7. The third-order valence-electron chi connectivity index (χ3n) is 6.85. The van der Waals surface area contributed by atoms with E-state index in [0.717, 1.165) is 61.5 Å². The molecule has 1 amide bonds. The van der Waals surface area contributed by atoms with Crippen LogP contribution in [-0.2, 0) is 17.8 Å². The number of benzene rings is 3. The number of rotatable bonds is 8. The van der Waals surface area contributed by atoms with Crippen LogP contribution in [0.1, 0.15) is 30.4 Å². The van der Waals surface area contributed by atoms with Crippen LogP contribution in [0, 0.1) is 0 Å². The molecule has 2 heterocycles. The number of piperazine rings is 1. The summed E-state index contributed by atoms with van der Waals surface area (Å²) in [6.07, 6.45) is 3.34. The lowest BCUT2D eigenvalue weighted by Gasteiger charge is -2.38. The minimum Gasteiger partial charge on any atom is -0.493 e. The molecule has 0 saturated carbocycles. The second kappa shape index (κ2) is 10.7.